The molecule has 1 heterocycles. The fourth-order valence-corrected chi connectivity index (χ4v) is 3.40. The molecule has 0 saturated carbocycles. The Labute approximate surface area is 171 Å². The number of ether oxygens (including phenoxy) is 2. The van der Waals surface area contributed by atoms with Crippen molar-refractivity contribution in [3.63, 3.8) is 0 Å². The van der Waals surface area contributed by atoms with Crippen LogP contribution in [-0.4, -0.2) is 37.8 Å². The van der Waals surface area contributed by atoms with Gasteiger partial charge in [-0.1, -0.05) is 29.8 Å². The van der Waals surface area contributed by atoms with Gasteiger partial charge in [0.2, 0.25) is 4.80 Å². The van der Waals surface area contributed by atoms with E-state index in [1.807, 2.05) is 36.6 Å². The zero-order valence-corrected chi connectivity index (χ0v) is 16.9. The SMILES string of the molecule is COCCN=c1scc(-c2ccc(OC(F)F)cc2)n1/N=C\c1ccc(C)cc1. The summed E-state index contributed by atoms with van der Waals surface area (Å²) in [5.41, 5.74) is 3.76. The molecule has 2 aromatic carbocycles. The zero-order chi connectivity index (χ0) is 20.6. The normalized spacial score (nSPS) is 12.2. The van der Waals surface area contributed by atoms with Crippen LogP contribution in [-0.2, 0) is 4.74 Å². The molecule has 0 fully saturated rings. The molecule has 0 saturated heterocycles. The second kappa shape index (κ2) is 10.1. The van der Waals surface area contributed by atoms with Gasteiger partial charge in [-0.15, -0.1) is 11.3 Å². The average Bonchev–Trinajstić information content (AvgIpc) is 3.11. The Kier molecular flexibility index (Phi) is 7.26. The third kappa shape index (κ3) is 5.82. The van der Waals surface area contributed by atoms with E-state index in [0.29, 0.717) is 18.0 Å². The fourth-order valence-electron chi connectivity index (χ4n) is 2.53. The van der Waals surface area contributed by atoms with Crippen LogP contribution in [0.3, 0.4) is 0 Å². The highest BCUT2D eigenvalue weighted by Crippen LogP contribution is 2.24. The minimum atomic E-state index is -2.85. The van der Waals surface area contributed by atoms with Crippen LogP contribution in [0.15, 0.2) is 64.0 Å². The van der Waals surface area contributed by atoms with Gasteiger partial charge in [-0.2, -0.15) is 13.9 Å². The number of thiazole rings is 1. The van der Waals surface area contributed by atoms with E-state index in [2.05, 4.69) is 14.8 Å². The number of hydrogen-bond acceptors (Lipinski definition) is 5. The monoisotopic (exact) mass is 417 g/mol. The summed E-state index contributed by atoms with van der Waals surface area (Å²) in [6, 6.07) is 14.5. The first-order valence-corrected chi connectivity index (χ1v) is 9.81. The minimum Gasteiger partial charge on any atom is -0.435 e. The van der Waals surface area contributed by atoms with Crippen LogP contribution >= 0.6 is 11.3 Å². The molecule has 0 N–H and O–H groups in total. The van der Waals surface area contributed by atoms with E-state index < -0.39 is 6.61 Å². The molecule has 0 unspecified atom stereocenters. The predicted molar refractivity (Wildman–Crippen MR) is 111 cm³/mol. The summed E-state index contributed by atoms with van der Waals surface area (Å²) in [4.78, 5) is 5.26. The van der Waals surface area contributed by atoms with Crippen LogP contribution in [0.2, 0.25) is 0 Å². The summed E-state index contributed by atoms with van der Waals surface area (Å²) >= 11 is 1.45. The number of hydrogen-bond donors (Lipinski definition) is 0. The molecular formula is C21H21F2N3O2S. The molecule has 0 aliphatic heterocycles. The molecule has 3 rings (SSSR count). The number of rotatable bonds is 8. The predicted octanol–water partition coefficient (Wildman–Crippen LogP) is 4.56. The molecule has 0 aliphatic carbocycles. The molecule has 8 heteroatoms. The van der Waals surface area contributed by atoms with E-state index in [0.717, 1.165) is 16.8 Å². The average molecular weight is 417 g/mol. The van der Waals surface area contributed by atoms with Gasteiger partial charge >= 0.3 is 6.61 Å². The molecule has 0 bridgehead atoms. The van der Waals surface area contributed by atoms with Gasteiger partial charge in [-0.25, -0.2) is 4.68 Å². The van der Waals surface area contributed by atoms with Crippen molar-refractivity contribution >= 4 is 17.6 Å². The van der Waals surface area contributed by atoms with Gasteiger partial charge in [0, 0.05) is 18.1 Å². The number of benzene rings is 2. The Hall–Kier alpha value is -2.84. The third-order valence-corrected chi connectivity index (χ3v) is 4.86. The largest absolute Gasteiger partial charge is 0.435 e. The smallest absolute Gasteiger partial charge is 0.387 e. The summed E-state index contributed by atoms with van der Waals surface area (Å²) in [5.74, 6) is 0.110. The summed E-state index contributed by atoms with van der Waals surface area (Å²) in [7, 11) is 1.63. The molecule has 152 valence electrons. The number of alkyl halides is 2. The highest BCUT2D eigenvalue weighted by molar-refractivity contribution is 7.07. The lowest BCUT2D eigenvalue weighted by atomic mass is 10.2. The number of nitrogens with zero attached hydrogens (tertiary/aromatic N) is 3. The number of halogens is 2. The first-order chi connectivity index (χ1) is 14.1. The fraction of sp³-hybridized carbons (Fsp3) is 0.238. The van der Waals surface area contributed by atoms with E-state index in [1.54, 1.807) is 30.1 Å². The molecule has 1 aromatic heterocycles. The van der Waals surface area contributed by atoms with Gasteiger partial charge in [-0.05, 0) is 36.8 Å². The standard InChI is InChI=1S/C21H21F2N3O2S/c1-15-3-5-16(6-4-15)13-25-26-19(14-29-21(26)24-11-12-27-2)17-7-9-18(10-8-17)28-20(22)23/h3-10,13-14,20H,11-12H2,1-2H3/b24-21?,25-13-. The molecule has 0 amide bonds. The highest BCUT2D eigenvalue weighted by atomic mass is 32.1. The molecule has 0 atom stereocenters. The van der Waals surface area contributed by atoms with Crippen LogP contribution in [0.5, 0.6) is 5.75 Å². The Balaban J connectivity index is 1.96. The molecule has 3 aromatic rings. The van der Waals surface area contributed by atoms with E-state index in [9.17, 15) is 8.78 Å². The maximum atomic E-state index is 12.4. The van der Waals surface area contributed by atoms with E-state index in [-0.39, 0.29) is 5.75 Å². The van der Waals surface area contributed by atoms with Gasteiger partial charge in [0.1, 0.15) is 5.75 Å². The van der Waals surface area contributed by atoms with Crippen LogP contribution < -0.4 is 9.54 Å². The number of methoxy groups -OCH3 is 1. The molecule has 0 aliphatic rings. The summed E-state index contributed by atoms with van der Waals surface area (Å²) < 4.78 is 36.0. The first kappa shape index (κ1) is 20.9. The minimum absolute atomic E-state index is 0.110. The quantitative estimate of drug-likeness (QED) is 0.399. The molecule has 5 nitrogen and oxygen atoms in total. The Morgan fingerprint density at radius 3 is 2.48 bits per heavy atom. The Bertz CT molecular complexity index is 1010. The van der Waals surface area contributed by atoms with E-state index >= 15 is 0 Å². The van der Waals surface area contributed by atoms with Crippen molar-refractivity contribution < 1.29 is 18.3 Å². The van der Waals surface area contributed by atoms with Crippen LogP contribution in [0, 0.1) is 6.92 Å². The van der Waals surface area contributed by atoms with Gasteiger partial charge in [0.25, 0.3) is 0 Å². The van der Waals surface area contributed by atoms with E-state index in [4.69, 9.17) is 4.74 Å². The van der Waals surface area contributed by atoms with E-state index in [1.165, 1.54) is 29.0 Å². The molecule has 29 heavy (non-hydrogen) atoms. The summed E-state index contributed by atoms with van der Waals surface area (Å²) in [6.45, 7) is 0.199. The first-order valence-electron chi connectivity index (χ1n) is 8.93. The third-order valence-electron chi connectivity index (χ3n) is 4.00. The summed E-state index contributed by atoms with van der Waals surface area (Å²) in [5, 5.41) is 6.54. The van der Waals surface area contributed by atoms with Gasteiger partial charge < -0.3 is 9.47 Å². The molecular weight excluding hydrogens is 396 g/mol. The number of aryl methyl sites for hydroxylation is 1. The zero-order valence-electron chi connectivity index (χ0n) is 16.1. The van der Waals surface area contributed by atoms with Crippen molar-refractivity contribution in [3.8, 4) is 17.0 Å². The maximum absolute atomic E-state index is 12.4. The van der Waals surface area contributed by atoms with Crippen LogP contribution in [0.25, 0.3) is 11.3 Å². The maximum Gasteiger partial charge on any atom is 0.387 e. The van der Waals surface area contributed by atoms with Crippen molar-refractivity contribution in [1.29, 1.82) is 0 Å². The van der Waals surface area contributed by atoms with Crippen molar-refractivity contribution in [2.45, 2.75) is 13.5 Å². The topological polar surface area (TPSA) is 48.1 Å². The second-order valence-corrected chi connectivity index (χ2v) is 6.98. The second-order valence-electron chi connectivity index (χ2n) is 6.15. The lowest BCUT2D eigenvalue weighted by molar-refractivity contribution is -0.0498. The highest BCUT2D eigenvalue weighted by Gasteiger charge is 2.09. The Morgan fingerprint density at radius 2 is 1.83 bits per heavy atom. The Morgan fingerprint density at radius 1 is 1.10 bits per heavy atom. The van der Waals surface area contributed by atoms with Gasteiger partial charge in [0.15, 0.2) is 0 Å². The van der Waals surface area contributed by atoms with Crippen molar-refractivity contribution in [3.05, 3.63) is 69.8 Å². The summed E-state index contributed by atoms with van der Waals surface area (Å²) in [6.07, 6.45) is 1.76. The molecule has 0 radical (unpaired) electrons. The lowest BCUT2D eigenvalue weighted by Gasteiger charge is -2.07. The van der Waals surface area contributed by atoms with Crippen molar-refractivity contribution in [2.75, 3.05) is 20.3 Å². The van der Waals surface area contributed by atoms with Crippen LogP contribution in [0.4, 0.5) is 8.78 Å². The lowest BCUT2D eigenvalue weighted by Crippen LogP contribution is -2.13. The van der Waals surface area contributed by atoms with Gasteiger partial charge in [0.05, 0.1) is 25.1 Å². The van der Waals surface area contributed by atoms with Crippen molar-refractivity contribution in [1.82, 2.24) is 4.68 Å². The van der Waals surface area contributed by atoms with Crippen molar-refractivity contribution in [2.24, 2.45) is 10.1 Å². The number of aromatic nitrogens is 1. The van der Waals surface area contributed by atoms with Gasteiger partial charge in [-0.3, -0.25) is 4.99 Å². The molecule has 0 spiro atoms. The van der Waals surface area contributed by atoms with Crippen LogP contribution in [0.1, 0.15) is 11.1 Å².